The van der Waals surface area contributed by atoms with E-state index >= 15 is 0 Å². The number of anilines is 2. The van der Waals surface area contributed by atoms with Gasteiger partial charge in [0, 0.05) is 6.07 Å². The standard InChI is InChI=1S/C9H8ClN3OS2/c1-14-5-2-3-6(10)7(4-5)11-8-12-13-9(15)16-8/h2-4H,1H3,(H,11,12)(H,13,15). The van der Waals surface area contributed by atoms with Gasteiger partial charge >= 0.3 is 0 Å². The van der Waals surface area contributed by atoms with Crippen molar-refractivity contribution in [2.45, 2.75) is 0 Å². The van der Waals surface area contributed by atoms with Crippen molar-refractivity contribution in [3.8, 4) is 5.75 Å². The van der Waals surface area contributed by atoms with E-state index in [1.807, 2.05) is 0 Å². The zero-order valence-corrected chi connectivity index (χ0v) is 10.7. The van der Waals surface area contributed by atoms with Gasteiger partial charge in [0.05, 0.1) is 17.8 Å². The molecule has 0 bridgehead atoms. The Morgan fingerprint density at radius 3 is 3.00 bits per heavy atom. The summed E-state index contributed by atoms with van der Waals surface area (Å²) >= 11 is 12.3. The van der Waals surface area contributed by atoms with E-state index in [1.165, 1.54) is 11.3 Å². The van der Waals surface area contributed by atoms with Crippen molar-refractivity contribution in [1.82, 2.24) is 10.2 Å². The Morgan fingerprint density at radius 1 is 1.56 bits per heavy atom. The van der Waals surface area contributed by atoms with Gasteiger partial charge in [-0.3, -0.25) is 5.10 Å². The molecular weight excluding hydrogens is 266 g/mol. The van der Waals surface area contributed by atoms with Crippen molar-refractivity contribution < 1.29 is 4.74 Å². The molecule has 0 saturated carbocycles. The van der Waals surface area contributed by atoms with E-state index in [-0.39, 0.29) is 0 Å². The first kappa shape index (κ1) is 11.4. The van der Waals surface area contributed by atoms with Gasteiger partial charge in [-0.25, -0.2) is 0 Å². The molecule has 0 aliphatic heterocycles. The third-order valence-electron chi connectivity index (χ3n) is 1.85. The second kappa shape index (κ2) is 4.82. The summed E-state index contributed by atoms with van der Waals surface area (Å²) in [4.78, 5) is 0. The number of ether oxygens (including phenoxy) is 1. The number of halogens is 1. The highest BCUT2D eigenvalue weighted by molar-refractivity contribution is 7.73. The van der Waals surface area contributed by atoms with Gasteiger partial charge in [-0.15, -0.1) is 5.10 Å². The molecule has 2 aromatic rings. The molecule has 0 aliphatic rings. The minimum absolute atomic E-state index is 0.599. The predicted molar refractivity (Wildman–Crippen MR) is 68.6 cm³/mol. The molecule has 0 saturated heterocycles. The van der Waals surface area contributed by atoms with Crippen LogP contribution in [0.15, 0.2) is 18.2 Å². The van der Waals surface area contributed by atoms with Crippen LogP contribution >= 0.6 is 35.2 Å². The fourth-order valence-electron chi connectivity index (χ4n) is 1.13. The van der Waals surface area contributed by atoms with Crippen molar-refractivity contribution >= 4 is 46.0 Å². The quantitative estimate of drug-likeness (QED) is 0.839. The van der Waals surface area contributed by atoms with Crippen LogP contribution < -0.4 is 10.1 Å². The van der Waals surface area contributed by atoms with Gasteiger partial charge < -0.3 is 10.1 Å². The van der Waals surface area contributed by atoms with Crippen molar-refractivity contribution in [3.63, 3.8) is 0 Å². The van der Waals surface area contributed by atoms with Gasteiger partial charge in [-0.05, 0) is 24.4 Å². The summed E-state index contributed by atoms with van der Waals surface area (Å²) in [6, 6.07) is 5.35. The van der Waals surface area contributed by atoms with Crippen molar-refractivity contribution in [3.05, 3.63) is 27.2 Å². The van der Waals surface area contributed by atoms with Crippen LogP contribution in [0, 0.1) is 3.95 Å². The lowest BCUT2D eigenvalue weighted by Gasteiger charge is -2.06. The molecule has 2 N–H and O–H groups in total. The fraction of sp³-hybridized carbons (Fsp3) is 0.111. The summed E-state index contributed by atoms with van der Waals surface area (Å²) in [5.41, 5.74) is 0.735. The Morgan fingerprint density at radius 2 is 2.38 bits per heavy atom. The Labute approximate surface area is 106 Å². The summed E-state index contributed by atoms with van der Waals surface area (Å²) < 4.78 is 5.72. The van der Waals surface area contributed by atoms with E-state index in [0.29, 0.717) is 14.1 Å². The number of rotatable bonds is 3. The Kier molecular flexibility index (Phi) is 3.42. The van der Waals surface area contributed by atoms with Crippen LogP contribution in [-0.4, -0.2) is 17.3 Å². The summed E-state index contributed by atoms with van der Waals surface area (Å²) in [6.45, 7) is 0. The highest BCUT2D eigenvalue weighted by atomic mass is 35.5. The Balaban J connectivity index is 2.29. The molecule has 0 fully saturated rings. The number of methoxy groups -OCH3 is 1. The zero-order valence-electron chi connectivity index (χ0n) is 8.28. The monoisotopic (exact) mass is 273 g/mol. The maximum atomic E-state index is 6.03. The number of hydrogen-bond acceptors (Lipinski definition) is 5. The molecule has 0 aliphatic carbocycles. The van der Waals surface area contributed by atoms with Gasteiger partial charge in [0.25, 0.3) is 0 Å². The van der Waals surface area contributed by atoms with Gasteiger partial charge in [0.15, 0.2) is 3.95 Å². The summed E-state index contributed by atoms with van der Waals surface area (Å²) in [7, 11) is 1.60. The van der Waals surface area contributed by atoms with Gasteiger partial charge in [0.2, 0.25) is 5.13 Å². The lowest BCUT2D eigenvalue weighted by molar-refractivity contribution is 0.415. The van der Waals surface area contributed by atoms with Crippen LogP contribution in [0.3, 0.4) is 0 Å². The molecule has 1 aromatic carbocycles. The molecule has 0 spiro atoms. The second-order valence-electron chi connectivity index (χ2n) is 2.89. The molecule has 0 atom stereocenters. The minimum atomic E-state index is 0.599. The minimum Gasteiger partial charge on any atom is -0.497 e. The van der Waals surface area contributed by atoms with Crippen molar-refractivity contribution in [2.75, 3.05) is 12.4 Å². The lowest BCUT2D eigenvalue weighted by Crippen LogP contribution is -1.92. The molecule has 7 heteroatoms. The summed E-state index contributed by atoms with van der Waals surface area (Å²) in [5, 5.41) is 11.0. The van der Waals surface area contributed by atoms with Crippen LogP contribution in [0.4, 0.5) is 10.8 Å². The Hall–Kier alpha value is -1.11. The molecule has 4 nitrogen and oxygen atoms in total. The maximum Gasteiger partial charge on any atom is 0.208 e. The van der Waals surface area contributed by atoms with E-state index in [1.54, 1.807) is 25.3 Å². The van der Waals surface area contributed by atoms with E-state index in [2.05, 4.69) is 15.5 Å². The normalized spacial score (nSPS) is 10.1. The molecule has 0 amide bonds. The maximum absolute atomic E-state index is 6.03. The molecule has 1 heterocycles. The van der Waals surface area contributed by atoms with Gasteiger partial charge in [0.1, 0.15) is 5.75 Å². The topological polar surface area (TPSA) is 49.9 Å². The van der Waals surface area contributed by atoms with E-state index in [4.69, 9.17) is 28.6 Å². The van der Waals surface area contributed by atoms with Gasteiger partial charge in [-0.1, -0.05) is 22.9 Å². The molecule has 16 heavy (non-hydrogen) atoms. The lowest BCUT2D eigenvalue weighted by atomic mass is 10.3. The largest absolute Gasteiger partial charge is 0.497 e. The van der Waals surface area contributed by atoms with Crippen molar-refractivity contribution in [1.29, 1.82) is 0 Å². The van der Waals surface area contributed by atoms with Crippen LogP contribution in [0.5, 0.6) is 5.75 Å². The molecule has 84 valence electrons. The summed E-state index contributed by atoms with van der Waals surface area (Å²) in [5.74, 6) is 0.728. The predicted octanol–water partition coefficient (Wildman–Crippen LogP) is 3.61. The van der Waals surface area contributed by atoms with Crippen LogP contribution in [0.2, 0.25) is 5.02 Å². The average molecular weight is 274 g/mol. The van der Waals surface area contributed by atoms with E-state index < -0.39 is 0 Å². The zero-order chi connectivity index (χ0) is 11.5. The number of nitrogens with zero attached hydrogens (tertiary/aromatic N) is 1. The average Bonchev–Trinajstić information content (AvgIpc) is 2.67. The number of H-pyrrole nitrogens is 1. The number of nitrogens with one attached hydrogen (secondary N) is 2. The highest BCUT2D eigenvalue weighted by Crippen LogP contribution is 2.29. The van der Waals surface area contributed by atoms with Gasteiger partial charge in [-0.2, -0.15) is 0 Å². The van der Waals surface area contributed by atoms with E-state index in [9.17, 15) is 0 Å². The third kappa shape index (κ3) is 2.52. The van der Waals surface area contributed by atoms with Crippen molar-refractivity contribution in [2.24, 2.45) is 0 Å². The first-order valence-electron chi connectivity index (χ1n) is 4.35. The molecule has 1 aromatic heterocycles. The first-order valence-corrected chi connectivity index (χ1v) is 5.95. The first-order chi connectivity index (χ1) is 7.69. The molecule has 0 unspecified atom stereocenters. The number of benzene rings is 1. The van der Waals surface area contributed by atoms with E-state index in [0.717, 1.165) is 11.4 Å². The molecule has 2 rings (SSSR count). The van der Waals surface area contributed by atoms with Crippen LogP contribution in [0.25, 0.3) is 0 Å². The van der Waals surface area contributed by atoms with Crippen LogP contribution in [0.1, 0.15) is 0 Å². The molecular formula is C9H8ClN3OS2. The number of aromatic amines is 1. The summed E-state index contributed by atoms with van der Waals surface area (Å²) in [6.07, 6.45) is 0. The smallest absolute Gasteiger partial charge is 0.208 e. The molecule has 0 radical (unpaired) electrons. The number of hydrogen-bond donors (Lipinski definition) is 2. The number of aromatic nitrogens is 2. The highest BCUT2D eigenvalue weighted by Gasteiger charge is 2.04. The second-order valence-corrected chi connectivity index (χ2v) is 4.96. The third-order valence-corrected chi connectivity index (χ3v) is 3.19. The SMILES string of the molecule is COc1ccc(Cl)c(Nc2n[nH]c(=S)s2)c1. The Bertz CT molecular complexity index is 552. The van der Waals surface area contributed by atoms with Crippen LogP contribution in [-0.2, 0) is 0 Å². The fourth-order valence-corrected chi connectivity index (χ4v) is 2.09.